The van der Waals surface area contributed by atoms with Crippen molar-refractivity contribution in [3.8, 4) is 11.5 Å². The van der Waals surface area contributed by atoms with E-state index in [1.54, 1.807) is 6.07 Å². The SMILES string of the molecule is COc1cc2c(cc1OC1CC(N[C@H](C(C)C)C3CCNCC3)C1)C(=O)N([C@@H]1CCC(=O)NC1=O)C2=O. The summed E-state index contributed by atoms with van der Waals surface area (Å²) in [5.74, 6) is -0.150. The maximum atomic E-state index is 13.2. The second-order valence-electron chi connectivity index (χ2n) is 10.9. The van der Waals surface area contributed by atoms with E-state index in [2.05, 4.69) is 29.8 Å². The third-order valence-electron chi connectivity index (χ3n) is 8.15. The molecule has 1 aromatic rings. The Labute approximate surface area is 216 Å². The highest BCUT2D eigenvalue weighted by Crippen LogP contribution is 2.39. The van der Waals surface area contributed by atoms with E-state index in [-0.39, 0.29) is 30.1 Å². The molecule has 2 saturated heterocycles. The number of imide groups is 2. The van der Waals surface area contributed by atoms with Crippen LogP contribution in [0.4, 0.5) is 0 Å². The van der Waals surface area contributed by atoms with Crippen LogP contribution in [0.2, 0.25) is 0 Å². The molecule has 10 heteroatoms. The number of piperidine rings is 2. The summed E-state index contributed by atoms with van der Waals surface area (Å²) in [7, 11) is 1.49. The molecule has 3 aliphatic heterocycles. The first-order valence-corrected chi connectivity index (χ1v) is 13.3. The molecule has 4 aliphatic rings. The summed E-state index contributed by atoms with van der Waals surface area (Å²) in [4.78, 5) is 51.0. The van der Waals surface area contributed by atoms with Crippen molar-refractivity contribution in [1.29, 1.82) is 0 Å². The lowest BCUT2D eigenvalue weighted by molar-refractivity contribution is -0.136. The lowest BCUT2D eigenvalue weighted by atomic mass is 9.81. The Morgan fingerprint density at radius 2 is 1.62 bits per heavy atom. The maximum absolute atomic E-state index is 13.2. The van der Waals surface area contributed by atoms with E-state index in [1.165, 1.54) is 26.0 Å². The minimum absolute atomic E-state index is 0.0243. The number of rotatable bonds is 8. The Morgan fingerprint density at radius 1 is 0.973 bits per heavy atom. The number of hydrogen-bond donors (Lipinski definition) is 3. The molecular formula is C27H36N4O6. The Balaban J connectivity index is 1.25. The highest BCUT2D eigenvalue weighted by atomic mass is 16.5. The van der Waals surface area contributed by atoms with Gasteiger partial charge in [-0.25, -0.2) is 0 Å². The molecule has 3 fully saturated rings. The molecule has 10 nitrogen and oxygen atoms in total. The van der Waals surface area contributed by atoms with Crippen LogP contribution in [0.5, 0.6) is 11.5 Å². The zero-order valence-electron chi connectivity index (χ0n) is 21.7. The fourth-order valence-corrected chi connectivity index (χ4v) is 6.05. The lowest BCUT2D eigenvalue weighted by Crippen LogP contribution is -2.55. The number of fused-ring (bicyclic) bond motifs is 1. The molecule has 2 atom stereocenters. The van der Waals surface area contributed by atoms with E-state index in [0.29, 0.717) is 35.4 Å². The molecule has 0 unspecified atom stereocenters. The van der Waals surface area contributed by atoms with Crippen LogP contribution in [0.3, 0.4) is 0 Å². The smallest absolute Gasteiger partial charge is 0.262 e. The molecule has 0 aromatic heterocycles. The van der Waals surface area contributed by atoms with Crippen LogP contribution in [0.25, 0.3) is 0 Å². The topological polar surface area (TPSA) is 126 Å². The van der Waals surface area contributed by atoms with Gasteiger partial charge < -0.3 is 20.1 Å². The number of carbonyl (C=O) groups is 4. The summed E-state index contributed by atoms with van der Waals surface area (Å²) in [5, 5.41) is 9.52. The molecule has 0 bridgehead atoms. The van der Waals surface area contributed by atoms with Gasteiger partial charge in [0, 0.05) is 18.5 Å². The third-order valence-corrected chi connectivity index (χ3v) is 8.15. The van der Waals surface area contributed by atoms with Crippen LogP contribution in [-0.2, 0) is 9.59 Å². The average Bonchev–Trinajstić information content (AvgIpc) is 3.09. The van der Waals surface area contributed by atoms with Crippen molar-refractivity contribution in [3.63, 3.8) is 0 Å². The van der Waals surface area contributed by atoms with Crippen molar-refractivity contribution in [2.75, 3.05) is 20.2 Å². The summed E-state index contributed by atoms with van der Waals surface area (Å²) in [5.41, 5.74) is 0.360. The zero-order chi connectivity index (χ0) is 26.3. The normalized spacial score (nSPS) is 27.1. The molecule has 0 spiro atoms. The average molecular weight is 513 g/mol. The molecule has 37 heavy (non-hydrogen) atoms. The fraction of sp³-hybridized carbons (Fsp3) is 0.630. The summed E-state index contributed by atoms with van der Waals surface area (Å²) in [6.07, 6.45) is 4.25. The van der Waals surface area contributed by atoms with Gasteiger partial charge in [0.25, 0.3) is 11.8 Å². The highest BCUT2D eigenvalue weighted by Gasteiger charge is 2.45. The number of carbonyl (C=O) groups excluding carboxylic acids is 4. The van der Waals surface area contributed by atoms with Crippen molar-refractivity contribution in [2.24, 2.45) is 11.8 Å². The van der Waals surface area contributed by atoms with Gasteiger partial charge >= 0.3 is 0 Å². The summed E-state index contributed by atoms with van der Waals surface area (Å²) >= 11 is 0. The Bertz CT molecular complexity index is 1090. The van der Waals surface area contributed by atoms with Gasteiger partial charge in [0.05, 0.1) is 18.2 Å². The third kappa shape index (κ3) is 4.96. The van der Waals surface area contributed by atoms with Crippen LogP contribution in [0, 0.1) is 11.8 Å². The van der Waals surface area contributed by atoms with E-state index >= 15 is 0 Å². The molecule has 3 heterocycles. The number of hydrogen-bond acceptors (Lipinski definition) is 8. The van der Waals surface area contributed by atoms with Crippen molar-refractivity contribution < 1.29 is 28.7 Å². The molecule has 0 radical (unpaired) electrons. The van der Waals surface area contributed by atoms with Crippen LogP contribution in [0.15, 0.2) is 12.1 Å². The lowest BCUT2D eigenvalue weighted by Gasteiger charge is -2.42. The molecular weight excluding hydrogens is 476 g/mol. The summed E-state index contributed by atoms with van der Waals surface area (Å²) in [6.45, 7) is 6.70. The largest absolute Gasteiger partial charge is 0.493 e. The van der Waals surface area contributed by atoms with Gasteiger partial charge in [-0.2, -0.15) is 0 Å². The first kappa shape index (κ1) is 25.7. The van der Waals surface area contributed by atoms with E-state index in [4.69, 9.17) is 9.47 Å². The predicted octanol–water partition coefficient (Wildman–Crippen LogP) is 1.62. The van der Waals surface area contributed by atoms with Crippen molar-refractivity contribution in [3.05, 3.63) is 23.3 Å². The predicted molar refractivity (Wildman–Crippen MR) is 134 cm³/mol. The Kier molecular flexibility index (Phi) is 7.22. The standard InChI is InChI=1S/C27H36N4O6/c1-14(2)24(15-6-8-28-9-7-15)29-16-10-17(11-16)37-22-13-19-18(12-21(22)36-3)26(34)31(27(19)35)20-4-5-23(32)30-25(20)33/h12-17,20,24,28-29H,4-11H2,1-3H3,(H,30,32,33)/t16?,17?,20-,24-/m1/s1. The molecule has 4 amide bonds. The van der Waals surface area contributed by atoms with Crippen molar-refractivity contribution >= 4 is 23.6 Å². The van der Waals surface area contributed by atoms with Gasteiger partial charge in [-0.15, -0.1) is 0 Å². The molecule has 1 aromatic carbocycles. The van der Waals surface area contributed by atoms with Crippen molar-refractivity contribution in [1.82, 2.24) is 20.9 Å². The Hall–Kier alpha value is -2.98. The minimum Gasteiger partial charge on any atom is -0.493 e. The molecule has 1 saturated carbocycles. The van der Waals surface area contributed by atoms with Crippen LogP contribution < -0.4 is 25.4 Å². The zero-order valence-corrected chi connectivity index (χ0v) is 21.7. The monoisotopic (exact) mass is 512 g/mol. The van der Waals surface area contributed by atoms with E-state index < -0.39 is 29.7 Å². The van der Waals surface area contributed by atoms with Gasteiger partial charge in [0.1, 0.15) is 12.1 Å². The first-order valence-electron chi connectivity index (χ1n) is 13.3. The first-order chi connectivity index (χ1) is 17.8. The summed E-state index contributed by atoms with van der Waals surface area (Å²) < 4.78 is 11.7. The van der Waals surface area contributed by atoms with Crippen LogP contribution in [0.1, 0.15) is 73.1 Å². The quantitative estimate of drug-likeness (QED) is 0.449. The number of nitrogens with zero attached hydrogens (tertiary/aromatic N) is 1. The van der Waals surface area contributed by atoms with E-state index in [0.717, 1.165) is 30.8 Å². The molecule has 3 N–H and O–H groups in total. The van der Waals surface area contributed by atoms with Crippen molar-refractivity contribution in [2.45, 2.75) is 76.6 Å². The fourth-order valence-electron chi connectivity index (χ4n) is 6.05. The van der Waals surface area contributed by atoms with Gasteiger partial charge in [-0.05, 0) is 69.2 Å². The van der Waals surface area contributed by atoms with E-state index in [1.807, 2.05) is 0 Å². The molecule has 200 valence electrons. The number of benzene rings is 1. The van der Waals surface area contributed by atoms with Gasteiger partial charge in [0.2, 0.25) is 11.8 Å². The number of amides is 4. The van der Waals surface area contributed by atoms with Crippen LogP contribution in [-0.4, -0.2) is 73.0 Å². The van der Waals surface area contributed by atoms with Gasteiger partial charge in [-0.3, -0.25) is 29.4 Å². The van der Waals surface area contributed by atoms with Crippen LogP contribution >= 0.6 is 0 Å². The van der Waals surface area contributed by atoms with Gasteiger partial charge in [-0.1, -0.05) is 13.8 Å². The minimum atomic E-state index is -1.01. The second-order valence-corrected chi connectivity index (χ2v) is 10.9. The molecule has 5 rings (SSSR count). The number of methoxy groups -OCH3 is 1. The van der Waals surface area contributed by atoms with E-state index in [9.17, 15) is 19.2 Å². The second kappa shape index (κ2) is 10.4. The highest BCUT2D eigenvalue weighted by molar-refractivity contribution is 6.23. The van der Waals surface area contributed by atoms with Gasteiger partial charge in [0.15, 0.2) is 11.5 Å². The maximum Gasteiger partial charge on any atom is 0.262 e. The molecule has 1 aliphatic carbocycles. The summed E-state index contributed by atoms with van der Waals surface area (Å²) in [6, 6.07) is 2.90. The Morgan fingerprint density at radius 3 is 2.22 bits per heavy atom. The number of ether oxygens (including phenoxy) is 2. The number of nitrogens with one attached hydrogen (secondary N) is 3.